The third-order valence-corrected chi connectivity index (χ3v) is 4.66. The molecule has 1 aromatic heterocycles. The van der Waals surface area contributed by atoms with E-state index in [1.807, 2.05) is 18.2 Å². The molecule has 1 atom stereocenters. The topological polar surface area (TPSA) is 70.0 Å². The molecular weight excluding hydrogens is 310 g/mol. The van der Waals surface area contributed by atoms with Gasteiger partial charge in [-0.1, -0.05) is 37.6 Å². The number of hydrogen-bond donors (Lipinski definition) is 3. The second-order valence-electron chi connectivity index (χ2n) is 5.84. The monoisotopic (exact) mass is 331 g/mol. The maximum Gasteiger partial charge on any atom is 0.260 e. The second-order valence-corrected chi connectivity index (χ2v) is 6.22. The van der Waals surface area contributed by atoms with E-state index in [1.165, 1.54) is 5.56 Å². The molecule has 2 heterocycles. The number of benzene rings is 1. The summed E-state index contributed by atoms with van der Waals surface area (Å²) in [5.41, 5.74) is 2.27. The number of aromatic hydroxyl groups is 1. The molecule has 122 valence electrons. The highest BCUT2D eigenvalue weighted by molar-refractivity contribution is 7.71. The molecule has 3 N–H and O–H groups in total. The highest BCUT2D eigenvalue weighted by Gasteiger charge is 2.27. The van der Waals surface area contributed by atoms with Crippen molar-refractivity contribution in [3.05, 3.63) is 56.1 Å². The van der Waals surface area contributed by atoms with Gasteiger partial charge in [-0.25, -0.2) is 0 Å². The van der Waals surface area contributed by atoms with E-state index in [-0.39, 0.29) is 22.3 Å². The van der Waals surface area contributed by atoms with E-state index in [1.54, 1.807) is 4.57 Å². The largest absolute Gasteiger partial charge is 0.494 e. The molecule has 6 heteroatoms. The first-order chi connectivity index (χ1) is 11.1. The maximum absolute atomic E-state index is 12.5. The first kappa shape index (κ1) is 16.0. The summed E-state index contributed by atoms with van der Waals surface area (Å²) in [7, 11) is 0. The normalized spacial score (nSPS) is 17.0. The van der Waals surface area contributed by atoms with Gasteiger partial charge in [0.05, 0.1) is 11.6 Å². The Morgan fingerprint density at radius 2 is 2.17 bits per heavy atom. The molecule has 23 heavy (non-hydrogen) atoms. The van der Waals surface area contributed by atoms with Crippen LogP contribution in [-0.2, 0) is 13.0 Å². The second kappa shape index (κ2) is 6.68. The lowest BCUT2D eigenvalue weighted by Gasteiger charge is -2.27. The summed E-state index contributed by atoms with van der Waals surface area (Å²) in [6, 6.07) is 7.71. The van der Waals surface area contributed by atoms with Crippen LogP contribution < -0.4 is 10.9 Å². The van der Waals surface area contributed by atoms with Crippen molar-refractivity contribution in [1.29, 1.82) is 0 Å². The number of unbranched alkanes of at least 4 members (excludes halogenated alkanes) is 1. The van der Waals surface area contributed by atoms with Crippen molar-refractivity contribution in [3.63, 3.8) is 0 Å². The third-order valence-electron chi connectivity index (χ3n) is 4.34. The fourth-order valence-corrected chi connectivity index (χ4v) is 3.39. The molecule has 3 rings (SSSR count). The number of fused-ring (bicyclic) bond motifs is 1. The molecule has 0 aliphatic carbocycles. The number of nitrogens with zero attached hydrogens (tertiary/aromatic N) is 1. The van der Waals surface area contributed by atoms with Crippen LogP contribution in [0.5, 0.6) is 5.88 Å². The Hall–Kier alpha value is -1.92. The molecule has 0 spiro atoms. The molecule has 0 fully saturated rings. The number of rotatable bonds is 4. The van der Waals surface area contributed by atoms with Crippen LogP contribution in [0.3, 0.4) is 0 Å². The first-order valence-corrected chi connectivity index (χ1v) is 8.41. The van der Waals surface area contributed by atoms with Crippen molar-refractivity contribution in [3.8, 4) is 5.88 Å². The number of aromatic nitrogens is 2. The van der Waals surface area contributed by atoms with Gasteiger partial charge in [0.1, 0.15) is 0 Å². The van der Waals surface area contributed by atoms with Gasteiger partial charge in [0.2, 0.25) is 5.88 Å². The van der Waals surface area contributed by atoms with E-state index in [9.17, 15) is 9.90 Å². The summed E-state index contributed by atoms with van der Waals surface area (Å²) in [4.78, 5) is 15.2. The minimum absolute atomic E-state index is 0.0265. The van der Waals surface area contributed by atoms with Crippen LogP contribution in [0.4, 0.5) is 0 Å². The summed E-state index contributed by atoms with van der Waals surface area (Å²) in [5, 5.41) is 14.0. The van der Waals surface area contributed by atoms with Crippen LogP contribution in [0.15, 0.2) is 29.1 Å². The third kappa shape index (κ3) is 2.96. The Labute approximate surface area is 140 Å². The van der Waals surface area contributed by atoms with E-state index in [0.717, 1.165) is 31.4 Å². The van der Waals surface area contributed by atoms with Crippen molar-refractivity contribution in [2.45, 2.75) is 38.8 Å². The summed E-state index contributed by atoms with van der Waals surface area (Å²) in [5.74, 6) is -0.0265. The summed E-state index contributed by atoms with van der Waals surface area (Å²) in [6.07, 6.45) is 2.79. The Morgan fingerprint density at radius 1 is 1.39 bits per heavy atom. The summed E-state index contributed by atoms with van der Waals surface area (Å²) in [6.45, 7) is 3.44. The zero-order chi connectivity index (χ0) is 16.4. The van der Waals surface area contributed by atoms with E-state index >= 15 is 0 Å². The van der Waals surface area contributed by atoms with Gasteiger partial charge in [0.25, 0.3) is 5.56 Å². The van der Waals surface area contributed by atoms with Crippen molar-refractivity contribution in [2.75, 3.05) is 6.54 Å². The maximum atomic E-state index is 12.5. The number of hydrogen-bond acceptors (Lipinski definition) is 4. The van der Waals surface area contributed by atoms with E-state index in [4.69, 9.17) is 12.2 Å². The SMILES string of the molecule is CCCCn1c(O)c([C@H]2NCCc3ccccc32)c(=O)[nH]c1=S. The highest BCUT2D eigenvalue weighted by atomic mass is 32.1. The predicted octanol–water partition coefficient (Wildman–Crippen LogP) is 2.65. The van der Waals surface area contributed by atoms with Gasteiger partial charge in [-0.15, -0.1) is 0 Å². The molecule has 0 unspecified atom stereocenters. The molecule has 5 nitrogen and oxygen atoms in total. The van der Waals surface area contributed by atoms with Gasteiger partial charge in [-0.05, 0) is 36.2 Å². The van der Waals surface area contributed by atoms with Crippen LogP contribution in [0, 0.1) is 4.77 Å². The Kier molecular flexibility index (Phi) is 4.63. The quantitative estimate of drug-likeness (QED) is 0.753. The predicted molar refractivity (Wildman–Crippen MR) is 92.5 cm³/mol. The van der Waals surface area contributed by atoms with Crippen molar-refractivity contribution < 1.29 is 5.11 Å². The molecule has 0 amide bonds. The fourth-order valence-electron chi connectivity index (χ4n) is 3.12. The van der Waals surface area contributed by atoms with Gasteiger partial charge >= 0.3 is 0 Å². The zero-order valence-electron chi connectivity index (χ0n) is 13.1. The lowest BCUT2D eigenvalue weighted by atomic mass is 9.91. The summed E-state index contributed by atoms with van der Waals surface area (Å²) < 4.78 is 1.89. The molecule has 0 radical (unpaired) electrons. The number of aromatic amines is 1. The van der Waals surface area contributed by atoms with Gasteiger partial charge in [-0.2, -0.15) is 0 Å². The smallest absolute Gasteiger partial charge is 0.260 e. The summed E-state index contributed by atoms with van der Waals surface area (Å²) >= 11 is 5.21. The number of nitrogens with one attached hydrogen (secondary N) is 2. The minimum atomic E-state index is -0.325. The lowest BCUT2D eigenvalue weighted by molar-refractivity contribution is 0.383. The Balaban J connectivity index is 2.14. The van der Waals surface area contributed by atoms with E-state index < -0.39 is 0 Å². The average Bonchev–Trinajstić information content (AvgIpc) is 2.54. The van der Waals surface area contributed by atoms with Gasteiger partial charge in [0.15, 0.2) is 4.77 Å². The van der Waals surface area contributed by atoms with E-state index in [2.05, 4.69) is 23.3 Å². The van der Waals surface area contributed by atoms with Crippen molar-refractivity contribution in [1.82, 2.24) is 14.9 Å². The Morgan fingerprint density at radius 3 is 2.96 bits per heavy atom. The van der Waals surface area contributed by atoms with Crippen molar-refractivity contribution >= 4 is 12.2 Å². The molecular formula is C17H21N3O2S. The molecule has 1 aliphatic rings. The molecule has 1 aliphatic heterocycles. The zero-order valence-corrected chi connectivity index (χ0v) is 13.9. The number of H-pyrrole nitrogens is 1. The van der Waals surface area contributed by atoms with Gasteiger partial charge in [0, 0.05) is 13.1 Å². The Bertz CT molecular complexity index is 825. The van der Waals surface area contributed by atoms with Crippen LogP contribution in [-0.4, -0.2) is 21.2 Å². The highest BCUT2D eigenvalue weighted by Crippen LogP contribution is 2.31. The molecule has 1 aromatic carbocycles. The van der Waals surface area contributed by atoms with Crippen LogP contribution in [0.1, 0.15) is 42.5 Å². The fraction of sp³-hybridized carbons (Fsp3) is 0.412. The van der Waals surface area contributed by atoms with Crippen LogP contribution in [0.2, 0.25) is 0 Å². The average molecular weight is 331 g/mol. The molecule has 2 aromatic rings. The molecule has 0 saturated carbocycles. The first-order valence-electron chi connectivity index (χ1n) is 8.00. The standard InChI is InChI=1S/C17H21N3O2S/c1-2-3-10-20-16(22)13(15(21)19-17(20)23)14-12-7-5-4-6-11(12)8-9-18-14/h4-7,14,18,22H,2-3,8-10H2,1H3,(H,19,21,23)/t14-/m0/s1. The van der Waals surface area contributed by atoms with Crippen LogP contribution >= 0.6 is 12.2 Å². The minimum Gasteiger partial charge on any atom is -0.494 e. The van der Waals surface area contributed by atoms with Crippen molar-refractivity contribution in [2.24, 2.45) is 0 Å². The molecule has 0 saturated heterocycles. The van der Waals surface area contributed by atoms with Gasteiger partial charge < -0.3 is 10.4 Å². The van der Waals surface area contributed by atoms with E-state index in [0.29, 0.717) is 12.1 Å². The van der Waals surface area contributed by atoms with Crippen LogP contribution in [0.25, 0.3) is 0 Å². The van der Waals surface area contributed by atoms with Gasteiger partial charge in [-0.3, -0.25) is 14.3 Å². The lowest BCUT2D eigenvalue weighted by Crippen LogP contribution is -2.35. The molecule has 0 bridgehead atoms.